The molecule has 33 heavy (non-hydrogen) atoms. The van der Waals surface area contributed by atoms with Gasteiger partial charge in [-0.25, -0.2) is 8.42 Å². The van der Waals surface area contributed by atoms with Gasteiger partial charge in [0.1, 0.15) is 18.3 Å². The fourth-order valence-electron chi connectivity index (χ4n) is 2.92. The van der Waals surface area contributed by atoms with Gasteiger partial charge >= 0.3 is 0 Å². The molecule has 2 rings (SSSR count). The SMILES string of the molecule is CC(=O)Nc1ccc(S(=O)(=O)Nc2ccc(C)n(C(CCON=C(N)N)C(N)=O)c2=O)cc1. The molecule has 1 unspecified atom stereocenters. The zero-order valence-electron chi connectivity index (χ0n) is 17.9. The lowest BCUT2D eigenvalue weighted by Crippen LogP contribution is -2.37. The third-order valence-electron chi connectivity index (χ3n) is 4.34. The van der Waals surface area contributed by atoms with E-state index >= 15 is 0 Å². The Morgan fingerprint density at radius 2 is 1.76 bits per heavy atom. The molecule has 0 aliphatic heterocycles. The summed E-state index contributed by atoms with van der Waals surface area (Å²) in [6, 6.07) is 6.96. The first-order valence-corrected chi connectivity index (χ1v) is 11.0. The molecule has 0 bridgehead atoms. The first kappa shape index (κ1) is 25.2. The molecule has 0 aliphatic carbocycles. The zero-order valence-corrected chi connectivity index (χ0v) is 18.8. The number of carbonyl (C=O) groups is 2. The summed E-state index contributed by atoms with van der Waals surface area (Å²) < 4.78 is 28.8. The topological polar surface area (TPSA) is 214 Å². The molecular formula is C19H25N7O6S. The number of amides is 2. The number of pyridine rings is 1. The second kappa shape index (κ2) is 10.5. The molecule has 0 radical (unpaired) electrons. The molecule has 2 amide bonds. The number of rotatable bonds is 10. The predicted molar refractivity (Wildman–Crippen MR) is 122 cm³/mol. The summed E-state index contributed by atoms with van der Waals surface area (Å²) >= 11 is 0. The maximum absolute atomic E-state index is 13.0. The lowest BCUT2D eigenvalue weighted by Gasteiger charge is -2.20. The number of primary amides is 1. The lowest BCUT2D eigenvalue weighted by molar-refractivity contribution is -0.122. The number of hydrogen-bond donors (Lipinski definition) is 5. The lowest BCUT2D eigenvalue weighted by atomic mass is 10.1. The number of anilines is 2. The number of hydrogen-bond acceptors (Lipinski definition) is 7. The molecule has 1 aromatic heterocycles. The fourth-order valence-corrected chi connectivity index (χ4v) is 3.98. The molecule has 0 fully saturated rings. The molecule has 1 aromatic carbocycles. The van der Waals surface area contributed by atoms with Gasteiger partial charge < -0.3 is 27.4 Å². The van der Waals surface area contributed by atoms with Crippen LogP contribution in [0.2, 0.25) is 0 Å². The van der Waals surface area contributed by atoms with Crippen molar-refractivity contribution in [1.82, 2.24) is 4.57 Å². The van der Waals surface area contributed by atoms with Crippen molar-refractivity contribution in [2.45, 2.75) is 31.2 Å². The number of carbonyl (C=O) groups excluding carboxylic acids is 2. The summed E-state index contributed by atoms with van der Waals surface area (Å²) in [6.45, 7) is 2.75. The quantitative estimate of drug-likeness (QED) is 0.130. The molecule has 0 saturated heterocycles. The molecule has 0 spiro atoms. The molecular weight excluding hydrogens is 454 g/mol. The van der Waals surface area contributed by atoms with Gasteiger partial charge in [-0.05, 0) is 48.5 Å². The van der Waals surface area contributed by atoms with Crippen molar-refractivity contribution >= 4 is 39.2 Å². The Kier molecular flexibility index (Phi) is 8.01. The van der Waals surface area contributed by atoms with Crippen LogP contribution in [0.25, 0.3) is 0 Å². The number of sulfonamides is 1. The highest BCUT2D eigenvalue weighted by Crippen LogP contribution is 2.19. The van der Waals surface area contributed by atoms with E-state index in [4.69, 9.17) is 22.0 Å². The summed E-state index contributed by atoms with van der Waals surface area (Å²) in [4.78, 5) is 40.9. The van der Waals surface area contributed by atoms with Gasteiger partial charge in [-0.3, -0.25) is 23.7 Å². The average molecular weight is 480 g/mol. The van der Waals surface area contributed by atoms with E-state index in [-0.39, 0.29) is 35.5 Å². The summed E-state index contributed by atoms with van der Waals surface area (Å²) in [7, 11) is -4.15. The van der Waals surface area contributed by atoms with Crippen molar-refractivity contribution in [3.63, 3.8) is 0 Å². The molecule has 14 heteroatoms. The van der Waals surface area contributed by atoms with Gasteiger partial charge in [-0.15, -0.1) is 0 Å². The van der Waals surface area contributed by atoms with E-state index in [1.807, 2.05) is 0 Å². The van der Waals surface area contributed by atoms with E-state index < -0.39 is 27.5 Å². The average Bonchev–Trinajstić information content (AvgIpc) is 2.71. The monoisotopic (exact) mass is 479 g/mol. The first-order valence-electron chi connectivity index (χ1n) is 9.55. The Bertz CT molecular complexity index is 1220. The minimum Gasteiger partial charge on any atom is -0.393 e. The standard InChI is InChI=1S/C19H25N7O6S/c1-11-3-8-15(18(29)26(11)16(17(20)28)9-10-32-24-19(21)22)25-33(30,31)14-6-4-13(5-7-14)23-12(2)27/h3-8,16,25H,9-10H2,1-2H3,(H2,20,28)(H,23,27)(H4,21,22,24). The third-order valence-corrected chi connectivity index (χ3v) is 5.72. The van der Waals surface area contributed by atoms with E-state index in [0.29, 0.717) is 11.4 Å². The minimum atomic E-state index is -4.15. The van der Waals surface area contributed by atoms with Gasteiger partial charge in [-0.2, -0.15) is 0 Å². The first-order chi connectivity index (χ1) is 15.4. The summed E-state index contributed by atoms with van der Waals surface area (Å²) in [5.41, 5.74) is 15.5. The van der Waals surface area contributed by atoms with Gasteiger partial charge in [0, 0.05) is 24.7 Å². The van der Waals surface area contributed by atoms with Gasteiger partial charge in [0.25, 0.3) is 15.6 Å². The van der Waals surface area contributed by atoms with E-state index in [0.717, 1.165) is 4.57 Å². The van der Waals surface area contributed by atoms with Crippen molar-refractivity contribution in [2.75, 3.05) is 16.6 Å². The molecule has 1 heterocycles. The number of aromatic nitrogens is 1. The second-order valence-corrected chi connectivity index (χ2v) is 8.61. The Balaban J connectivity index is 2.34. The molecule has 178 valence electrons. The van der Waals surface area contributed by atoms with Crippen molar-refractivity contribution in [1.29, 1.82) is 0 Å². The van der Waals surface area contributed by atoms with Crippen LogP contribution >= 0.6 is 0 Å². The highest BCUT2D eigenvalue weighted by molar-refractivity contribution is 7.92. The van der Waals surface area contributed by atoms with Crippen LogP contribution in [0.5, 0.6) is 0 Å². The van der Waals surface area contributed by atoms with E-state index in [1.54, 1.807) is 6.92 Å². The number of oxime groups is 1. The normalized spacial score (nSPS) is 11.8. The Hall–Kier alpha value is -4.07. The zero-order chi connectivity index (χ0) is 24.8. The van der Waals surface area contributed by atoms with Crippen LogP contribution < -0.4 is 32.8 Å². The fraction of sp³-hybridized carbons (Fsp3) is 0.263. The van der Waals surface area contributed by atoms with Crippen LogP contribution in [0.3, 0.4) is 0 Å². The maximum atomic E-state index is 13.0. The van der Waals surface area contributed by atoms with E-state index in [9.17, 15) is 22.8 Å². The molecule has 13 nitrogen and oxygen atoms in total. The Morgan fingerprint density at radius 1 is 1.12 bits per heavy atom. The van der Waals surface area contributed by atoms with Crippen molar-refractivity contribution in [2.24, 2.45) is 22.4 Å². The Morgan fingerprint density at radius 3 is 2.30 bits per heavy atom. The highest BCUT2D eigenvalue weighted by atomic mass is 32.2. The van der Waals surface area contributed by atoms with Crippen LogP contribution in [0, 0.1) is 6.92 Å². The number of nitrogens with one attached hydrogen (secondary N) is 2. The van der Waals surface area contributed by atoms with Crippen LogP contribution in [0.15, 0.2) is 51.2 Å². The van der Waals surface area contributed by atoms with Gasteiger partial charge in [-0.1, -0.05) is 0 Å². The highest BCUT2D eigenvalue weighted by Gasteiger charge is 2.24. The van der Waals surface area contributed by atoms with Crippen LogP contribution in [0.4, 0.5) is 11.4 Å². The largest absolute Gasteiger partial charge is 0.393 e. The number of nitrogens with zero attached hydrogens (tertiary/aromatic N) is 2. The Labute approximate surface area is 189 Å². The van der Waals surface area contributed by atoms with Gasteiger partial charge in [0.2, 0.25) is 17.8 Å². The molecule has 0 saturated carbocycles. The number of benzene rings is 1. The molecule has 1 atom stereocenters. The second-order valence-electron chi connectivity index (χ2n) is 6.93. The van der Waals surface area contributed by atoms with Crippen LogP contribution in [-0.2, 0) is 24.4 Å². The van der Waals surface area contributed by atoms with E-state index in [1.165, 1.54) is 43.3 Å². The minimum absolute atomic E-state index is 0.0479. The summed E-state index contributed by atoms with van der Waals surface area (Å²) in [5.74, 6) is -1.46. The van der Waals surface area contributed by atoms with Crippen LogP contribution in [0.1, 0.15) is 25.1 Å². The number of aryl methyl sites for hydroxylation is 1. The number of nitrogens with two attached hydrogens (primary N) is 3. The smallest absolute Gasteiger partial charge is 0.275 e. The van der Waals surface area contributed by atoms with Crippen molar-refractivity contribution < 1.29 is 22.8 Å². The maximum Gasteiger partial charge on any atom is 0.275 e. The molecule has 0 aliphatic rings. The van der Waals surface area contributed by atoms with E-state index in [2.05, 4.69) is 15.2 Å². The van der Waals surface area contributed by atoms with Crippen molar-refractivity contribution in [3.05, 3.63) is 52.4 Å². The molecule has 2 aromatic rings. The third kappa shape index (κ3) is 6.70. The molecule has 8 N–H and O–H groups in total. The van der Waals surface area contributed by atoms with Gasteiger partial charge in [0.15, 0.2) is 0 Å². The summed E-state index contributed by atoms with van der Waals surface area (Å²) in [6.07, 6.45) is -0.0479. The van der Waals surface area contributed by atoms with Crippen LogP contribution in [-0.4, -0.2) is 37.4 Å². The van der Waals surface area contributed by atoms with Gasteiger partial charge in [0.05, 0.1) is 4.90 Å². The summed E-state index contributed by atoms with van der Waals surface area (Å²) in [5, 5.41) is 5.86. The predicted octanol–water partition coefficient (Wildman–Crippen LogP) is -0.463. The van der Waals surface area contributed by atoms with Crippen molar-refractivity contribution in [3.8, 4) is 0 Å². The number of guanidine groups is 1.